The summed E-state index contributed by atoms with van der Waals surface area (Å²) < 4.78 is 1.75. The van der Waals surface area contributed by atoms with Crippen LogP contribution < -0.4 is 0 Å². The van der Waals surface area contributed by atoms with Crippen LogP contribution in [0.15, 0.2) is 36.7 Å². The fourth-order valence-electron chi connectivity index (χ4n) is 2.64. The summed E-state index contributed by atoms with van der Waals surface area (Å²) in [6.07, 6.45) is 3.73. The molecule has 1 heterocycles. The molecule has 1 atom stereocenters. The second-order valence-electron chi connectivity index (χ2n) is 5.94. The number of benzene rings is 1. The zero-order valence-corrected chi connectivity index (χ0v) is 13.9. The zero-order valence-electron chi connectivity index (χ0n) is 13.9. The first-order chi connectivity index (χ1) is 10.4. The van der Waals surface area contributed by atoms with Gasteiger partial charge in [-0.25, -0.2) is 0 Å². The standard InChI is InChI=1S/C17H24N4O/c1-13-8-6-7-9-15(13)16(19(2)3)17(22)20(4)11-14-10-18-21(5)12-14/h6-10,12,16H,11H2,1-5H3/t16-/m1/s1. The van der Waals surface area contributed by atoms with Crippen molar-refractivity contribution in [1.82, 2.24) is 19.6 Å². The molecule has 0 radical (unpaired) electrons. The van der Waals surface area contributed by atoms with E-state index in [1.54, 1.807) is 15.8 Å². The summed E-state index contributed by atoms with van der Waals surface area (Å²) in [5, 5.41) is 4.15. The Labute approximate surface area is 132 Å². The summed E-state index contributed by atoms with van der Waals surface area (Å²) >= 11 is 0. The monoisotopic (exact) mass is 300 g/mol. The van der Waals surface area contributed by atoms with Crippen LogP contribution in [0.1, 0.15) is 22.7 Å². The van der Waals surface area contributed by atoms with Crippen molar-refractivity contribution in [3.05, 3.63) is 53.3 Å². The van der Waals surface area contributed by atoms with Crippen LogP contribution in [0, 0.1) is 6.92 Å². The minimum Gasteiger partial charge on any atom is -0.340 e. The summed E-state index contributed by atoms with van der Waals surface area (Å²) in [5.74, 6) is 0.0863. The van der Waals surface area contributed by atoms with E-state index in [4.69, 9.17) is 0 Å². The number of hydrogen-bond donors (Lipinski definition) is 0. The van der Waals surface area contributed by atoms with Crippen LogP contribution in [0.25, 0.3) is 0 Å². The molecule has 0 aliphatic carbocycles. The molecule has 0 saturated heterocycles. The number of hydrogen-bond acceptors (Lipinski definition) is 3. The van der Waals surface area contributed by atoms with E-state index >= 15 is 0 Å². The lowest BCUT2D eigenvalue weighted by Gasteiger charge is -2.29. The highest BCUT2D eigenvalue weighted by molar-refractivity contribution is 5.83. The molecule has 0 aliphatic heterocycles. The van der Waals surface area contributed by atoms with Gasteiger partial charge in [-0.1, -0.05) is 24.3 Å². The van der Waals surface area contributed by atoms with Crippen molar-refractivity contribution in [1.29, 1.82) is 0 Å². The van der Waals surface area contributed by atoms with Crippen molar-refractivity contribution in [2.24, 2.45) is 7.05 Å². The van der Waals surface area contributed by atoms with Gasteiger partial charge in [-0.3, -0.25) is 14.4 Å². The number of carbonyl (C=O) groups is 1. The van der Waals surface area contributed by atoms with Gasteiger partial charge in [0.15, 0.2) is 0 Å². The highest BCUT2D eigenvalue weighted by Crippen LogP contribution is 2.24. The lowest BCUT2D eigenvalue weighted by molar-refractivity contribution is -0.135. The van der Waals surface area contributed by atoms with Gasteiger partial charge in [0.2, 0.25) is 5.91 Å². The van der Waals surface area contributed by atoms with Gasteiger partial charge in [0, 0.05) is 32.4 Å². The smallest absolute Gasteiger partial charge is 0.244 e. The van der Waals surface area contributed by atoms with Crippen LogP contribution >= 0.6 is 0 Å². The maximum absolute atomic E-state index is 12.9. The maximum atomic E-state index is 12.9. The van der Waals surface area contributed by atoms with E-state index in [9.17, 15) is 4.79 Å². The SMILES string of the molecule is Cc1ccccc1[C@H](C(=O)N(C)Cc1cnn(C)c1)N(C)C. The van der Waals surface area contributed by atoms with E-state index in [1.807, 2.05) is 70.5 Å². The van der Waals surface area contributed by atoms with E-state index in [2.05, 4.69) is 5.10 Å². The van der Waals surface area contributed by atoms with Crippen molar-refractivity contribution >= 4 is 5.91 Å². The normalized spacial score (nSPS) is 12.5. The average molecular weight is 300 g/mol. The molecule has 118 valence electrons. The molecule has 5 heteroatoms. The number of aryl methyl sites for hydroxylation is 2. The predicted molar refractivity (Wildman–Crippen MR) is 87.3 cm³/mol. The lowest BCUT2D eigenvalue weighted by atomic mass is 9.99. The molecule has 1 amide bonds. The largest absolute Gasteiger partial charge is 0.340 e. The van der Waals surface area contributed by atoms with E-state index in [0.717, 1.165) is 16.7 Å². The van der Waals surface area contributed by atoms with Gasteiger partial charge in [0.25, 0.3) is 0 Å². The molecule has 0 bridgehead atoms. The van der Waals surface area contributed by atoms with Gasteiger partial charge in [0.05, 0.1) is 6.20 Å². The van der Waals surface area contributed by atoms with Gasteiger partial charge < -0.3 is 4.90 Å². The predicted octanol–water partition coefficient (Wildman–Crippen LogP) is 1.99. The number of amides is 1. The van der Waals surface area contributed by atoms with E-state index in [0.29, 0.717) is 6.54 Å². The number of rotatable bonds is 5. The molecular formula is C17H24N4O. The second-order valence-corrected chi connectivity index (χ2v) is 5.94. The molecule has 0 unspecified atom stereocenters. The third kappa shape index (κ3) is 3.54. The first-order valence-corrected chi connectivity index (χ1v) is 7.34. The van der Waals surface area contributed by atoms with Crippen LogP contribution in [0.2, 0.25) is 0 Å². The third-order valence-corrected chi connectivity index (χ3v) is 3.79. The van der Waals surface area contributed by atoms with Crippen LogP contribution in [0.4, 0.5) is 0 Å². The van der Waals surface area contributed by atoms with E-state index < -0.39 is 0 Å². The molecule has 5 nitrogen and oxygen atoms in total. The summed E-state index contributed by atoms with van der Waals surface area (Å²) in [5.41, 5.74) is 3.21. The van der Waals surface area contributed by atoms with Crippen LogP contribution in [-0.4, -0.2) is 46.6 Å². The van der Waals surface area contributed by atoms with Crippen molar-refractivity contribution in [2.45, 2.75) is 19.5 Å². The molecule has 1 aromatic heterocycles. The molecule has 0 N–H and O–H groups in total. The highest BCUT2D eigenvalue weighted by Gasteiger charge is 2.27. The number of nitrogens with zero attached hydrogens (tertiary/aromatic N) is 4. The Morgan fingerprint density at radius 3 is 2.50 bits per heavy atom. The van der Waals surface area contributed by atoms with Crippen LogP contribution in [-0.2, 0) is 18.4 Å². The molecule has 0 spiro atoms. The van der Waals surface area contributed by atoms with Gasteiger partial charge >= 0.3 is 0 Å². The number of likely N-dealkylation sites (N-methyl/N-ethyl adjacent to an activating group) is 2. The van der Waals surface area contributed by atoms with E-state index in [-0.39, 0.29) is 11.9 Å². The Hall–Kier alpha value is -2.14. The zero-order chi connectivity index (χ0) is 16.3. The third-order valence-electron chi connectivity index (χ3n) is 3.79. The van der Waals surface area contributed by atoms with Crippen molar-refractivity contribution in [3.63, 3.8) is 0 Å². The average Bonchev–Trinajstić information content (AvgIpc) is 2.86. The Morgan fingerprint density at radius 2 is 1.95 bits per heavy atom. The summed E-state index contributed by atoms with van der Waals surface area (Å²) in [7, 11) is 7.59. The summed E-state index contributed by atoms with van der Waals surface area (Å²) in [6, 6.07) is 7.77. The van der Waals surface area contributed by atoms with Crippen molar-refractivity contribution in [3.8, 4) is 0 Å². The number of carbonyl (C=O) groups excluding carboxylic acids is 1. The molecule has 2 rings (SSSR count). The van der Waals surface area contributed by atoms with Crippen molar-refractivity contribution in [2.75, 3.05) is 21.1 Å². The fourth-order valence-corrected chi connectivity index (χ4v) is 2.64. The molecule has 22 heavy (non-hydrogen) atoms. The molecule has 2 aromatic rings. The second kappa shape index (κ2) is 6.75. The Kier molecular flexibility index (Phi) is 4.98. The van der Waals surface area contributed by atoms with E-state index in [1.165, 1.54) is 0 Å². The highest BCUT2D eigenvalue weighted by atomic mass is 16.2. The van der Waals surface area contributed by atoms with Gasteiger partial charge in [0.1, 0.15) is 6.04 Å². The van der Waals surface area contributed by atoms with Gasteiger partial charge in [-0.05, 0) is 32.1 Å². The maximum Gasteiger partial charge on any atom is 0.244 e. The summed E-state index contributed by atoms with van der Waals surface area (Å²) in [6.45, 7) is 2.60. The lowest BCUT2D eigenvalue weighted by Crippen LogP contribution is -2.38. The quantitative estimate of drug-likeness (QED) is 0.848. The topological polar surface area (TPSA) is 41.4 Å². The molecule has 0 aliphatic rings. The molecular weight excluding hydrogens is 276 g/mol. The first kappa shape index (κ1) is 16.2. The van der Waals surface area contributed by atoms with Crippen LogP contribution in [0.3, 0.4) is 0 Å². The summed E-state index contributed by atoms with van der Waals surface area (Å²) in [4.78, 5) is 16.6. The molecule has 0 saturated carbocycles. The Balaban J connectivity index is 2.21. The molecule has 0 fully saturated rings. The van der Waals surface area contributed by atoms with Gasteiger partial charge in [-0.15, -0.1) is 0 Å². The number of aromatic nitrogens is 2. The van der Waals surface area contributed by atoms with Gasteiger partial charge in [-0.2, -0.15) is 5.10 Å². The first-order valence-electron chi connectivity index (χ1n) is 7.34. The molecule has 1 aromatic carbocycles. The van der Waals surface area contributed by atoms with Crippen molar-refractivity contribution < 1.29 is 4.79 Å². The Bertz CT molecular complexity index is 648. The van der Waals surface area contributed by atoms with Crippen LogP contribution in [0.5, 0.6) is 0 Å². The Morgan fingerprint density at radius 1 is 1.27 bits per heavy atom. The fraction of sp³-hybridized carbons (Fsp3) is 0.412. The minimum absolute atomic E-state index is 0.0863. The minimum atomic E-state index is -0.275.